The molecule has 1 aromatic rings. The molecule has 0 fully saturated rings. The average molecular weight is 213 g/mol. The third-order valence-corrected chi connectivity index (χ3v) is 1.42. The van der Waals surface area contributed by atoms with Gasteiger partial charge in [-0.1, -0.05) is 29.8 Å². The van der Waals surface area contributed by atoms with Crippen molar-refractivity contribution in [1.82, 2.24) is 0 Å². The van der Waals surface area contributed by atoms with Crippen LogP contribution in [0.15, 0.2) is 34.5 Å². The van der Waals surface area contributed by atoms with Gasteiger partial charge in [-0.05, 0) is 12.5 Å². The largest absolute Gasteiger partial charge is 0.369 e. The summed E-state index contributed by atoms with van der Waals surface area (Å²) in [7, 11) is 0. The van der Waals surface area contributed by atoms with Crippen molar-refractivity contribution in [2.45, 2.75) is 6.92 Å². The van der Waals surface area contributed by atoms with Crippen LogP contribution in [-0.4, -0.2) is 12.2 Å². The van der Waals surface area contributed by atoms with Gasteiger partial charge in [0, 0.05) is 0 Å². The van der Waals surface area contributed by atoms with Crippen LogP contribution in [-0.2, 0) is 0 Å². The van der Waals surface area contributed by atoms with Crippen LogP contribution in [0.25, 0.3) is 0 Å². The normalized spacial score (nSPS) is 9.50. The minimum atomic E-state index is -0.0381. The van der Waals surface area contributed by atoms with E-state index in [1.807, 2.05) is 31.2 Å². The molecule has 0 saturated heterocycles. The van der Waals surface area contributed by atoms with Crippen molar-refractivity contribution >= 4 is 24.6 Å². The van der Waals surface area contributed by atoms with E-state index in [2.05, 4.69) is 10.2 Å². The molecule has 4 nitrogen and oxygen atoms in total. The van der Waals surface area contributed by atoms with E-state index in [9.17, 15) is 0 Å². The van der Waals surface area contributed by atoms with Crippen molar-refractivity contribution in [3.8, 4) is 0 Å². The van der Waals surface area contributed by atoms with Gasteiger partial charge in [-0.3, -0.25) is 0 Å². The number of aryl methyl sites for hydroxylation is 1. The molecule has 0 spiro atoms. The highest BCUT2D eigenvalue weighted by Crippen LogP contribution is 2.00. The topological polar surface area (TPSA) is 76.8 Å². The van der Waals surface area contributed by atoms with E-state index in [-0.39, 0.29) is 18.4 Å². The molecule has 0 aliphatic heterocycles. The van der Waals surface area contributed by atoms with Crippen LogP contribution in [0.4, 0.5) is 0 Å². The highest BCUT2D eigenvalue weighted by atomic mass is 35.5. The molecule has 0 saturated carbocycles. The van der Waals surface area contributed by atoms with Crippen molar-refractivity contribution in [3.05, 3.63) is 35.4 Å². The Hall–Kier alpha value is -1.55. The fourth-order valence-corrected chi connectivity index (χ4v) is 0.913. The van der Waals surface area contributed by atoms with Crippen molar-refractivity contribution in [2.24, 2.45) is 21.7 Å². The molecule has 0 unspecified atom stereocenters. The van der Waals surface area contributed by atoms with Gasteiger partial charge in [-0.2, -0.15) is 5.10 Å². The maximum Gasteiger partial charge on any atom is 0.211 e. The molecule has 0 aromatic heterocycles. The van der Waals surface area contributed by atoms with Crippen LogP contribution >= 0.6 is 12.4 Å². The second kappa shape index (κ2) is 5.99. The quantitative estimate of drug-likeness (QED) is 0.436. The predicted molar refractivity (Wildman–Crippen MR) is 61.8 cm³/mol. The standard InChI is InChI=1S/C9H12N4.ClH/c1-7-3-2-4-8(5-7)6-12-13-9(10)11;/h2-6H,1H3,(H4,10,11,13);1H. The summed E-state index contributed by atoms with van der Waals surface area (Å²) in [6.07, 6.45) is 1.60. The van der Waals surface area contributed by atoms with Crippen LogP contribution in [0.5, 0.6) is 0 Å². The molecule has 0 heterocycles. The average Bonchev–Trinajstić information content (AvgIpc) is 2.03. The van der Waals surface area contributed by atoms with Gasteiger partial charge in [-0.15, -0.1) is 17.5 Å². The third-order valence-electron chi connectivity index (χ3n) is 1.42. The van der Waals surface area contributed by atoms with Crippen LogP contribution in [0.2, 0.25) is 0 Å². The van der Waals surface area contributed by atoms with Gasteiger partial charge >= 0.3 is 0 Å². The number of halogens is 1. The molecule has 0 aliphatic carbocycles. The van der Waals surface area contributed by atoms with Gasteiger partial charge < -0.3 is 11.5 Å². The maximum atomic E-state index is 5.10. The second-order valence-electron chi connectivity index (χ2n) is 2.68. The molecule has 5 heteroatoms. The van der Waals surface area contributed by atoms with Crippen molar-refractivity contribution in [1.29, 1.82) is 0 Å². The number of hydrogen-bond donors (Lipinski definition) is 2. The summed E-state index contributed by atoms with van der Waals surface area (Å²) in [5.74, 6) is -0.0381. The summed E-state index contributed by atoms with van der Waals surface area (Å²) < 4.78 is 0. The molecular formula is C9H13ClN4. The Balaban J connectivity index is 0.00000169. The zero-order chi connectivity index (χ0) is 9.68. The zero-order valence-electron chi connectivity index (χ0n) is 7.84. The van der Waals surface area contributed by atoms with Crippen LogP contribution in [0.3, 0.4) is 0 Å². The number of guanidine groups is 1. The number of nitrogens with zero attached hydrogens (tertiary/aromatic N) is 2. The predicted octanol–water partition coefficient (Wildman–Crippen LogP) is 1.02. The van der Waals surface area contributed by atoms with Crippen LogP contribution in [0.1, 0.15) is 11.1 Å². The molecule has 4 N–H and O–H groups in total. The van der Waals surface area contributed by atoms with E-state index in [1.165, 1.54) is 5.56 Å². The van der Waals surface area contributed by atoms with Crippen LogP contribution in [0, 0.1) is 6.92 Å². The first kappa shape index (κ1) is 12.4. The Bertz CT molecular complexity index is 342. The molecule has 0 radical (unpaired) electrons. The smallest absolute Gasteiger partial charge is 0.211 e. The van der Waals surface area contributed by atoms with E-state index in [0.717, 1.165) is 5.56 Å². The van der Waals surface area contributed by atoms with Crippen LogP contribution < -0.4 is 11.5 Å². The molecule has 1 aromatic carbocycles. The van der Waals surface area contributed by atoms with Gasteiger partial charge in [-0.25, -0.2) is 0 Å². The molecule has 76 valence electrons. The van der Waals surface area contributed by atoms with Gasteiger partial charge in [0.05, 0.1) is 6.21 Å². The minimum absolute atomic E-state index is 0. The van der Waals surface area contributed by atoms with Crippen molar-refractivity contribution in [3.63, 3.8) is 0 Å². The summed E-state index contributed by atoms with van der Waals surface area (Å²) in [6.45, 7) is 2.01. The van der Waals surface area contributed by atoms with Gasteiger partial charge in [0.15, 0.2) is 0 Å². The van der Waals surface area contributed by atoms with E-state index in [1.54, 1.807) is 6.21 Å². The Morgan fingerprint density at radius 3 is 2.64 bits per heavy atom. The Labute approximate surface area is 89.1 Å². The summed E-state index contributed by atoms with van der Waals surface area (Å²) in [4.78, 5) is 0. The Kier molecular flexibility index (Phi) is 5.33. The molecule has 14 heavy (non-hydrogen) atoms. The maximum absolute atomic E-state index is 5.10. The number of benzene rings is 1. The second-order valence-corrected chi connectivity index (χ2v) is 2.68. The fraction of sp³-hybridized carbons (Fsp3) is 0.111. The molecule has 0 atom stereocenters. The lowest BCUT2D eigenvalue weighted by atomic mass is 10.2. The fourth-order valence-electron chi connectivity index (χ4n) is 0.913. The van der Waals surface area contributed by atoms with E-state index in [4.69, 9.17) is 11.5 Å². The summed E-state index contributed by atoms with van der Waals surface area (Å²) in [6, 6.07) is 7.88. The minimum Gasteiger partial charge on any atom is -0.369 e. The highest BCUT2D eigenvalue weighted by molar-refractivity contribution is 5.85. The summed E-state index contributed by atoms with van der Waals surface area (Å²) in [5.41, 5.74) is 12.4. The lowest BCUT2D eigenvalue weighted by Gasteiger charge is -1.92. The number of hydrogen-bond acceptors (Lipinski definition) is 2. The SMILES string of the molecule is Cc1cccc(C=NN=C(N)N)c1.Cl. The molecule has 0 aliphatic rings. The summed E-state index contributed by atoms with van der Waals surface area (Å²) in [5, 5.41) is 7.19. The monoisotopic (exact) mass is 212 g/mol. The van der Waals surface area contributed by atoms with E-state index in [0.29, 0.717) is 0 Å². The molecule has 1 rings (SSSR count). The highest BCUT2D eigenvalue weighted by Gasteiger charge is 1.86. The first-order chi connectivity index (χ1) is 6.18. The third kappa shape index (κ3) is 4.47. The van der Waals surface area contributed by atoms with Crippen molar-refractivity contribution < 1.29 is 0 Å². The Morgan fingerprint density at radius 1 is 1.36 bits per heavy atom. The lowest BCUT2D eigenvalue weighted by molar-refractivity contribution is 1.21. The lowest BCUT2D eigenvalue weighted by Crippen LogP contribution is -2.21. The van der Waals surface area contributed by atoms with Gasteiger partial charge in [0.25, 0.3) is 0 Å². The van der Waals surface area contributed by atoms with E-state index < -0.39 is 0 Å². The van der Waals surface area contributed by atoms with Gasteiger partial charge in [0.1, 0.15) is 0 Å². The summed E-state index contributed by atoms with van der Waals surface area (Å²) >= 11 is 0. The first-order valence-electron chi connectivity index (χ1n) is 3.87. The Morgan fingerprint density at radius 2 is 2.07 bits per heavy atom. The molecular weight excluding hydrogens is 200 g/mol. The number of nitrogens with two attached hydrogens (primary N) is 2. The van der Waals surface area contributed by atoms with E-state index >= 15 is 0 Å². The molecule has 0 bridgehead atoms. The zero-order valence-corrected chi connectivity index (χ0v) is 8.66. The van der Waals surface area contributed by atoms with Gasteiger partial charge in [0.2, 0.25) is 5.96 Å². The number of rotatable bonds is 2. The first-order valence-corrected chi connectivity index (χ1v) is 3.87. The van der Waals surface area contributed by atoms with Crippen molar-refractivity contribution in [2.75, 3.05) is 0 Å². The molecule has 0 amide bonds.